The third-order valence-electron chi connectivity index (χ3n) is 2.85. The van der Waals surface area contributed by atoms with Crippen LogP contribution in [0.1, 0.15) is 25.5 Å². The molecule has 4 nitrogen and oxygen atoms in total. The molecule has 0 bridgehead atoms. The molecule has 1 aromatic rings. The highest BCUT2D eigenvalue weighted by molar-refractivity contribution is 7.99. The molecule has 0 radical (unpaired) electrons. The van der Waals surface area contributed by atoms with Crippen LogP contribution in [-0.2, 0) is 0 Å². The molecular formula is C15H25NO3S. The highest BCUT2D eigenvalue weighted by atomic mass is 32.2. The van der Waals surface area contributed by atoms with E-state index in [1.165, 1.54) is 5.56 Å². The largest absolute Gasteiger partial charge is 0.494 e. The van der Waals surface area contributed by atoms with E-state index in [4.69, 9.17) is 9.84 Å². The van der Waals surface area contributed by atoms with Crippen molar-refractivity contribution < 1.29 is 14.9 Å². The summed E-state index contributed by atoms with van der Waals surface area (Å²) in [7, 11) is 0. The average molecular weight is 299 g/mol. The van der Waals surface area contributed by atoms with E-state index in [0.717, 1.165) is 18.0 Å². The molecule has 0 fully saturated rings. The van der Waals surface area contributed by atoms with Crippen molar-refractivity contribution >= 4 is 11.8 Å². The number of thioether (sulfide) groups is 1. The van der Waals surface area contributed by atoms with Gasteiger partial charge < -0.3 is 20.3 Å². The average Bonchev–Trinajstić information content (AvgIpc) is 2.47. The van der Waals surface area contributed by atoms with Crippen molar-refractivity contribution in [3.05, 3.63) is 29.8 Å². The second-order valence-corrected chi connectivity index (χ2v) is 5.56. The molecule has 3 N–H and O–H groups in total. The first-order valence-corrected chi connectivity index (χ1v) is 8.19. The van der Waals surface area contributed by atoms with E-state index < -0.39 is 6.10 Å². The van der Waals surface area contributed by atoms with E-state index in [-0.39, 0.29) is 12.6 Å². The third-order valence-corrected chi connectivity index (χ3v) is 4.04. The lowest BCUT2D eigenvalue weighted by Gasteiger charge is -2.19. The van der Waals surface area contributed by atoms with Crippen molar-refractivity contribution in [2.75, 3.05) is 31.3 Å². The second kappa shape index (κ2) is 10.0. The summed E-state index contributed by atoms with van der Waals surface area (Å²) >= 11 is 1.64. The Bertz CT molecular complexity index is 359. The van der Waals surface area contributed by atoms with Crippen LogP contribution in [0, 0.1) is 0 Å². The maximum absolute atomic E-state index is 9.36. The number of nitrogens with one attached hydrogen (secondary N) is 1. The molecule has 5 heteroatoms. The number of hydrogen-bond acceptors (Lipinski definition) is 5. The Morgan fingerprint density at radius 1 is 1.20 bits per heavy atom. The molecule has 0 aromatic heterocycles. The van der Waals surface area contributed by atoms with Crippen LogP contribution in [0.3, 0.4) is 0 Å². The van der Waals surface area contributed by atoms with Crippen molar-refractivity contribution in [2.24, 2.45) is 0 Å². The van der Waals surface area contributed by atoms with Gasteiger partial charge in [-0.2, -0.15) is 11.8 Å². The van der Waals surface area contributed by atoms with Crippen LogP contribution in [0.25, 0.3) is 0 Å². The summed E-state index contributed by atoms with van der Waals surface area (Å²) < 4.78 is 5.44. The molecule has 0 aliphatic rings. The standard InChI is InChI=1S/C15H25NO3S/c1-3-16-15(11-20-10-13(18)9-17)12-5-7-14(8-6-12)19-4-2/h5-8,13,15-18H,3-4,9-11H2,1-2H3. The lowest BCUT2D eigenvalue weighted by atomic mass is 10.1. The van der Waals surface area contributed by atoms with Gasteiger partial charge in [0.15, 0.2) is 0 Å². The smallest absolute Gasteiger partial charge is 0.119 e. The Labute approximate surface area is 125 Å². The van der Waals surface area contributed by atoms with E-state index in [0.29, 0.717) is 12.4 Å². The van der Waals surface area contributed by atoms with E-state index in [2.05, 4.69) is 24.4 Å². The fraction of sp³-hybridized carbons (Fsp3) is 0.600. The fourth-order valence-electron chi connectivity index (χ4n) is 1.86. The Hall–Kier alpha value is -0.750. The highest BCUT2D eigenvalue weighted by Crippen LogP contribution is 2.21. The van der Waals surface area contributed by atoms with Crippen molar-refractivity contribution in [1.29, 1.82) is 0 Å². The molecule has 1 rings (SSSR count). The van der Waals surface area contributed by atoms with Crippen LogP contribution < -0.4 is 10.1 Å². The fourth-order valence-corrected chi connectivity index (χ4v) is 2.92. The number of hydrogen-bond donors (Lipinski definition) is 3. The Morgan fingerprint density at radius 3 is 2.45 bits per heavy atom. The zero-order valence-electron chi connectivity index (χ0n) is 12.2. The molecule has 0 spiro atoms. The second-order valence-electron chi connectivity index (χ2n) is 4.49. The number of rotatable bonds is 10. The van der Waals surface area contributed by atoms with Gasteiger partial charge in [-0.3, -0.25) is 0 Å². The summed E-state index contributed by atoms with van der Waals surface area (Å²) in [6.45, 7) is 5.43. The normalized spacial score (nSPS) is 14.0. The maximum Gasteiger partial charge on any atom is 0.119 e. The molecule has 20 heavy (non-hydrogen) atoms. The SMILES string of the molecule is CCNC(CSCC(O)CO)c1ccc(OCC)cc1. The number of benzene rings is 1. The molecule has 0 aliphatic heterocycles. The van der Waals surface area contributed by atoms with E-state index in [1.807, 2.05) is 19.1 Å². The summed E-state index contributed by atoms with van der Waals surface area (Å²) in [5.74, 6) is 2.30. The molecular weight excluding hydrogens is 274 g/mol. The predicted molar refractivity (Wildman–Crippen MR) is 84.4 cm³/mol. The minimum absolute atomic E-state index is 0.179. The molecule has 0 amide bonds. The van der Waals surface area contributed by atoms with Gasteiger partial charge in [0.1, 0.15) is 5.75 Å². The Balaban J connectivity index is 2.55. The van der Waals surface area contributed by atoms with Gasteiger partial charge in [0, 0.05) is 17.5 Å². The van der Waals surface area contributed by atoms with Crippen molar-refractivity contribution in [2.45, 2.75) is 26.0 Å². The summed E-state index contributed by atoms with van der Waals surface area (Å²) in [4.78, 5) is 0. The van der Waals surface area contributed by atoms with Gasteiger partial charge in [0.25, 0.3) is 0 Å². The summed E-state index contributed by atoms with van der Waals surface area (Å²) in [6.07, 6.45) is -0.636. The van der Waals surface area contributed by atoms with E-state index >= 15 is 0 Å². The van der Waals surface area contributed by atoms with Gasteiger partial charge in [0.05, 0.1) is 19.3 Å². The minimum atomic E-state index is -0.636. The van der Waals surface area contributed by atoms with Gasteiger partial charge in [-0.05, 0) is 31.2 Å². The molecule has 2 unspecified atom stereocenters. The number of aliphatic hydroxyl groups excluding tert-OH is 2. The lowest BCUT2D eigenvalue weighted by molar-refractivity contribution is 0.113. The Kier molecular flexibility index (Phi) is 8.69. The molecule has 0 saturated carbocycles. The van der Waals surface area contributed by atoms with Gasteiger partial charge in [-0.25, -0.2) is 0 Å². The zero-order chi connectivity index (χ0) is 14.8. The van der Waals surface area contributed by atoms with Crippen molar-refractivity contribution in [3.8, 4) is 5.75 Å². The molecule has 0 aliphatic carbocycles. The molecule has 0 heterocycles. The van der Waals surface area contributed by atoms with Gasteiger partial charge in [-0.1, -0.05) is 19.1 Å². The Morgan fingerprint density at radius 2 is 1.90 bits per heavy atom. The molecule has 1 aromatic carbocycles. The first-order valence-electron chi connectivity index (χ1n) is 7.04. The van der Waals surface area contributed by atoms with Gasteiger partial charge in [0.2, 0.25) is 0 Å². The van der Waals surface area contributed by atoms with Crippen LogP contribution in [0.15, 0.2) is 24.3 Å². The van der Waals surface area contributed by atoms with E-state index in [9.17, 15) is 5.11 Å². The zero-order valence-corrected chi connectivity index (χ0v) is 13.0. The van der Waals surface area contributed by atoms with Crippen molar-refractivity contribution in [1.82, 2.24) is 5.32 Å². The first-order chi connectivity index (χ1) is 9.71. The summed E-state index contributed by atoms with van der Waals surface area (Å²) in [5, 5.41) is 21.6. The summed E-state index contributed by atoms with van der Waals surface area (Å²) in [5.41, 5.74) is 1.21. The van der Waals surface area contributed by atoms with Crippen LogP contribution in [0.4, 0.5) is 0 Å². The van der Waals surface area contributed by atoms with Crippen LogP contribution in [0.2, 0.25) is 0 Å². The molecule has 0 saturated heterocycles. The van der Waals surface area contributed by atoms with Gasteiger partial charge >= 0.3 is 0 Å². The predicted octanol–water partition coefficient (Wildman–Crippen LogP) is 1.82. The third kappa shape index (κ3) is 6.13. The summed E-state index contributed by atoms with van der Waals surface area (Å²) in [6, 6.07) is 8.35. The van der Waals surface area contributed by atoms with Crippen LogP contribution in [-0.4, -0.2) is 47.6 Å². The monoisotopic (exact) mass is 299 g/mol. The maximum atomic E-state index is 9.36. The molecule has 2 atom stereocenters. The number of aliphatic hydroxyl groups is 2. The first kappa shape index (κ1) is 17.3. The molecule has 114 valence electrons. The highest BCUT2D eigenvalue weighted by Gasteiger charge is 2.11. The van der Waals surface area contributed by atoms with Crippen LogP contribution >= 0.6 is 11.8 Å². The number of ether oxygens (including phenoxy) is 1. The van der Waals surface area contributed by atoms with Crippen LogP contribution in [0.5, 0.6) is 5.75 Å². The quantitative estimate of drug-likeness (QED) is 0.615. The van der Waals surface area contributed by atoms with E-state index in [1.54, 1.807) is 11.8 Å². The van der Waals surface area contributed by atoms with Crippen molar-refractivity contribution in [3.63, 3.8) is 0 Å². The van der Waals surface area contributed by atoms with Gasteiger partial charge in [-0.15, -0.1) is 0 Å². The lowest BCUT2D eigenvalue weighted by Crippen LogP contribution is -2.24. The topological polar surface area (TPSA) is 61.7 Å². The minimum Gasteiger partial charge on any atom is -0.494 e.